The van der Waals surface area contributed by atoms with Crippen molar-refractivity contribution in [3.8, 4) is 0 Å². The van der Waals surface area contributed by atoms with Gasteiger partial charge in [-0.2, -0.15) is 0 Å². The molecule has 0 saturated carbocycles. The number of aromatic nitrogens is 2. The predicted molar refractivity (Wildman–Crippen MR) is 88.8 cm³/mol. The van der Waals surface area contributed by atoms with Gasteiger partial charge in [-0.1, -0.05) is 13.8 Å². The number of halogens is 1. The average molecular weight is 357 g/mol. The SMILES string of the molecule is CC(C)c1nc(Br)cc(N2CCN(CC(C)(C)O)CC2)n1. The van der Waals surface area contributed by atoms with Gasteiger partial charge in [0.2, 0.25) is 0 Å². The lowest BCUT2D eigenvalue weighted by Crippen LogP contribution is -2.50. The smallest absolute Gasteiger partial charge is 0.134 e. The summed E-state index contributed by atoms with van der Waals surface area (Å²) in [6, 6.07) is 1.98. The quantitative estimate of drug-likeness (QED) is 0.838. The van der Waals surface area contributed by atoms with Gasteiger partial charge in [-0.15, -0.1) is 0 Å². The van der Waals surface area contributed by atoms with Crippen LogP contribution in [0.1, 0.15) is 39.4 Å². The van der Waals surface area contributed by atoms with Crippen molar-refractivity contribution in [2.24, 2.45) is 0 Å². The lowest BCUT2D eigenvalue weighted by atomic mass is 10.1. The molecule has 0 unspecified atom stereocenters. The monoisotopic (exact) mass is 356 g/mol. The van der Waals surface area contributed by atoms with Crippen molar-refractivity contribution >= 4 is 21.7 Å². The highest BCUT2D eigenvalue weighted by Crippen LogP contribution is 2.21. The molecule has 1 aromatic heterocycles. The highest BCUT2D eigenvalue weighted by molar-refractivity contribution is 9.10. The molecule has 6 heteroatoms. The Morgan fingerprint density at radius 3 is 2.38 bits per heavy atom. The van der Waals surface area contributed by atoms with E-state index < -0.39 is 5.60 Å². The molecule has 1 fully saturated rings. The first-order valence-electron chi connectivity index (χ1n) is 7.49. The summed E-state index contributed by atoms with van der Waals surface area (Å²) < 4.78 is 0.843. The van der Waals surface area contributed by atoms with E-state index in [1.165, 1.54) is 0 Å². The number of hydrogen-bond acceptors (Lipinski definition) is 5. The van der Waals surface area contributed by atoms with E-state index in [0.717, 1.165) is 42.4 Å². The second-order valence-electron chi connectivity index (χ2n) is 6.64. The summed E-state index contributed by atoms with van der Waals surface area (Å²) in [4.78, 5) is 13.7. The Bertz CT molecular complexity index is 479. The molecule has 0 amide bonds. The van der Waals surface area contributed by atoms with Crippen molar-refractivity contribution in [1.82, 2.24) is 14.9 Å². The molecule has 1 aliphatic heterocycles. The van der Waals surface area contributed by atoms with Gasteiger partial charge < -0.3 is 10.0 Å². The largest absolute Gasteiger partial charge is 0.389 e. The first-order chi connectivity index (χ1) is 9.74. The summed E-state index contributed by atoms with van der Waals surface area (Å²) in [7, 11) is 0. The summed E-state index contributed by atoms with van der Waals surface area (Å²) in [6.07, 6.45) is 0. The van der Waals surface area contributed by atoms with Gasteiger partial charge in [-0.25, -0.2) is 9.97 Å². The molecular formula is C15H25BrN4O. The fourth-order valence-electron chi connectivity index (χ4n) is 2.53. The number of nitrogens with zero attached hydrogens (tertiary/aromatic N) is 4. The van der Waals surface area contributed by atoms with Crippen molar-refractivity contribution in [1.29, 1.82) is 0 Å². The first-order valence-corrected chi connectivity index (χ1v) is 8.28. The van der Waals surface area contributed by atoms with Crippen LogP contribution < -0.4 is 4.90 Å². The van der Waals surface area contributed by atoms with Gasteiger partial charge in [0.15, 0.2) is 0 Å². The third-order valence-electron chi connectivity index (χ3n) is 3.52. The molecule has 2 rings (SSSR count). The van der Waals surface area contributed by atoms with Crippen LogP contribution in [-0.2, 0) is 0 Å². The second-order valence-corrected chi connectivity index (χ2v) is 7.45. The molecule has 1 aromatic rings. The molecule has 1 N–H and O–H groups in total. The topological polar surface area (TPSA) is 52.5 Å². The van der Waals surface area contributed by atoms with Crippen molar-refractivity contribution in [2.75, 3.05) is 37.6 Å². The minimum absolute atomic E-state index is 0.317. The van der Waals surface area contributed by atoms with E-state index >= 15 is 0 Å². The van der Waals surface area contributed by atoms with Gasteiger partial charge in [-0.3, -0.25) is 4.90 Å². The number of rotatable bonds is 4. The predicted octanol–water partition coefficient (Wildman–Crippen LogP) is 2.26. The van der Waals surface area contributed by atoms with Crippen molar-refractivity contribution in [3.05, 3.63) is 16.5 Å². The third-order valence-corrected chi connectivity index (χ3v) is 3.93. The molecule has 2 heterocycles. The van der Waals surface area contributed by atoms with Crippen LogP contribution in [0.3, 0.4) is 0 Å². The molecule has 0 spiro atoms. The lowest BCUT2D eigenvalue weighted by molar-refractivity contribution is 0.0344. The number of β-amino-alcohol motifs (C(OH)–C–C–N with tert-alkyl or cyclic N) is 1. The molecule has 21 heavy (non-hydrogen) atoms. The van der Waals surface area contributed by atoms with Gasteiger partial charge >= 0.3 is 0 Å². The Labute approximate surface area is 135 Å². The molecule has 118 valence electrons. The molecule has 0 aromatic carbocycles. The van der Waals surface area contributed by atoms with E-state index in [2.05, 4.69) is 49.5 Å². The van der Waals surface area contributed by atoms with Crippen molar-refractivity contribution in [2.45, 2.75) is 39.2 Å². The van der Waals surface area contributed by atoms with Gasteiger partial charge in [0.1, 0.15) is 16.2 Å². The summed E-state index contributed by atoms with van der Waals surface area (Å²) in [6.45, 7) is 12.4. The van der Waals surface area contributed by atoms with Crippen molar-refractivity contribution in [3.63, 3.8) is 0 Å². The normalized spacial score (nSPS) is 17.6. The van der Waals surface area contributed by atoms with Crippen LogP contribution in [0.25, 0.3) is 0 Å². The number of piperazine rings is 1. The van der Waals surface area contributed by atoms with E-state index in [1.54, 1.807) is 0 Å². The van der Waals surface area contributed by atoms with Gasteiger partial charge in [0.05, 0.1) is 5.60 Å². The number of hydrogen-bond donors (Lipinski definition) is 1. The summed E-state index contributed by atoms with van der Waals surface area (Å²) in [5.41, 5.74) is -0.634. The average Bonchev–Trinajstić information content (AvgIpc) is 2.37. The summed E-state index contributed by atoms with van der Waals surface area (Å²) in [5.74, 6) is 2.18. The number of aliphatic hydroxyl groups is 1. The zero-order valence-electron chi connectivity index (χ0n) is 13.3. The second kappa shape index (κ2) is 6.58. The fraction of sp³-hybridized carbons (Fsp3) is 0.733. The van der Waals surface area contributed by atoms with Gasteiger partial charge in [0, 0.05) is 44.7 Å². The minimum atomic E-state index is -0.634. The fourth-order valence-corrected chi connectivity index (χ4v) is 2.91. The van der Waals surface area contributed by atoms with E-state index in [9.17, 15) is 5.11 Å². The molecule has 0 aliphatic carbocycles. The maximum Gasteiger partial charge on any atom is 0.134 e. The molecule has 0 bridgehead atoms. The maximum atomic E-state index is 9.90. The summed E-state index contributed by atoms with van der Waals surface area (Å²) >= 11 is 3.48. The van der Waals surface area contributed by atoms with Crippen LogP contribution >= 0.6 is 15.9 Å². The molecule has 0 atom stereocenters. The van der Waals surface area contributed by atoms with Gasteiger partial charge in [-0.05, 0) is 29.8 Å². The van der Waals surface area contributed by atoms with E-state index in [-0.39, 0.29) is 0 Å². The zero-order chi connectivity index (χ0) is 15.6. The molecule has 1 saturated heterocycles. The van der Waals surface area contributed by atoms with E-state index in [1.807, 2.05) is 19.9 Å². The van der Waals surface area contributed by atoms with Crippen LogP contribution in [0.4, 0.5) is 5.82 Å². The zero-order valence-corrected chi connectivity index (χ0v) is 14.9. The molecule has 1 aliphatic rings. The van der Waals surface area contributed by atoms with Crippen LogP contribution in [0, 0.1) is 0 Å². The van der Waals surface area contributed by atoms with Crippen LogP contribution in [0.15, 0.2) is 10.7 Å². The minimum Gasteiger partial charge on any atom is -0.389 e. The summed E-state index contributed by atoms with van der Waals surface area (Å²) in [5, 5.41) is 9.90. The Hall–Kier alpha value is -0.720. The van der Waals surface area contributed by atoms with Crippen LogP contribution in [0.2, 0.25) is 0 Å². The Balaban J connectivity index is 2.02. The van der Waals surface area contributed by atoms with Crippen LogP contribution in [0.5, 0.6) is 0 Å². The Morgan fingerprint density at radius 1 is 1.24 bits per heavy atom. The van der Waals surface area contributed by atoms with Crippen molar-refractivity contribution < 1.29 is 5.11 Å². The molecular weight excluding hydrogens is 332 g/mol. The van der Waals surface area contributed by atoms with E-state index in [0.29, 0.717) is 12.5 Å². The van der Waals surface area contributed by atoms with Gasteiger partial charge in [0.25, 0.3) is 0 Å². The first kappa shape index (κ1) is 16.6. The Morgan fingerprint density at radius 2 is 1.86 bits per heavy atom. The lowest BCUT2D eigenvalue weighted by Gasteiger charge is -2.37. The Kier molecular flexibility index (Phi) is 5.22. The van der Waals surface area contributed by atoms with E-state index in [4.69, 9.17) is 0 Å². The standard InChI is InChI=1S/C15H25BrN4O/c1-11(2)14-17-12(16)9-13(18-14)20-7-5-19(6-8-20)10-15(3,4)21/h9,11,21H,5-8,10H2,1-4H3. The highest BCUT2D eigenvalue weighted by Gasteiger charge is 2.23. The maximum absolute atomic E-state index is 9.90. The molecule has 0 radical (unpaired) electrons. The number of anilines is 1. The van der Waals surface area contributed by atoms with Crippen LogP contribution in [-0.4, -0.2) is 58.3 Å². The third kappa shape index (κ3) is 4.90. The molecule has 5 nitrogen and oxygen atoms in total. The highest BCUT2D eigenvalue weighted by atomic mass is 79.9.